The third-order valence-corrected chi connectivity index (χ3v) is 4.07. The molecule has 0 unspecified atom stereocenters. The summed E-state index contributed by atoms with van der Waals surface area (Å²) in [5, 5.41) is 14.9. The van der Waals surface area contributed by atoms with Crippen LogP contribution in [0.15, 0.2) is 55.0 Å². The van der Waals surface area contributed by atoms with Crippen molar-refractivity contribution in [3.05, 3.63) is 60.7 Å². The maximum Gasteiger partial charge on any atom is 0.271 e. The second kappa shape index (κ2) is 7.81. The summed E-state index contributed by atoms with van der Waals surface area (Å²) in [4.78, 5) is 18.7. The van der Waals surface area contributed by atoms with Gasteiger partial charge in [-0.25, -0.2) is 4.98 Å². The van der Waals surface area contributed by atoms with Gasteiger partial charge in [0.05, 0.1) is 25.1 Å². The fourth-order valence-corrected chi connectivity index (χ4v) is 2.68. The molecule has 0 bridgehead atoms. The van der Waals surface area contributed by atoms with E-state index in [1.807, 2.05) is 42.5 Å². The molecule has 1 amide bonds. The molecule has 25 heavy (non-hydrogen) atoms. The maximum atomic E-state index is 12.1. The summed E-state index contributed by atoms with van der Waals surface area (Å²) in [7, 11) is 0. The van der Waals surface area contributed by atoms with Crippen LogP contribution in [0.1, 0.15) is 23.8 Å². The van der Waals surface area contributed by atoms with Crippen LogP contribution in [0.2, 0.25) is 0 Å². The molecule has 6 nitrogen and oxygen atoms in total. The number of carbonyl (C=O) groups is 1. The predicted molar refractivity (Wildman–Crippen MR) is 95.6 cm³/mol. The summed E-state index contributed by atoms with van der Waals surface area (Å²) < 4.78 is 5.89. The highest BCUT2D eigenvalue weighted by Crippen LogP contribution is 2.25. The van der Waals surface area contributed by atoms with Gasteiger partial charge in [-0.1, -0.05) is 36.4 Å². The molecule has 0 aliphatic carbocycles. The van der Waals surface area contributed by atoms with Gasteiger partial charge in [-0.2, -0.15) is 0 Å². The number of hydrogen-bond acceptors (Lipinski definition) is 4. The second-order valence-electron chi connectivity index (χ2n) is 5.89. The monoisotopic (exact) mass is 339 g/mol. The van der Waals surface area contributed by atoms with Crippen LogP contribution < -0.4 is 10.1 Å². The third kappa shape index (κ3) is 4.16. The molecule has 0 saturated carbocycles. The first-order valence-corrected chi connectivity index (χ1v) is 8.23. The Morgan fingerprint density at radius 3 is 2.84 bits per heavy atom. The van der Waals surface area contributed by atoms with Gasteiger partial charge in [0.15, 0.2) is 0 Å². The van der Waals surface area contributed by atoms with Gasteiger partial charge < -0.3 is 20.1 Å². The molecule has 0 aliphatic rings. The number of nitrogens with one attached hydrogen (secondary N) is 2. The van der Waals surface area contributed by atoms with E-state index >= 15 is 0 Å². The van der Waals surface area contributed by atoms with E-state index in [9.17, 15) is 9.90 Å². The van der Waals surface area contributed by atoms with Crippen LogP contribution in [0.4, 0.5) is 0 Å². The molecular weight excluding hydrogens is 318 g/mol. The van der Waals surface area contributed by atoms with Crippen molar-refractivity contribution in [2.45, 2.75) is 25.5 Å². The first-order chi connectivity index (χ1) is 12.1. The second-order valence-corrected chi connectivity index (χ2v) is 5.89. The highest BCUT2D eigenvalue weighted by atomic mass is 16.5. The molecule has 3 rings (SSSR count). The number of hydrogen-bond donors (Lipinski definition) is 3. The number of rotatable bonds is 7. The Hall–Kier alpha value is -2.86. The summed E-state index contributed by atoms with van der Waals surface area (Å²) in [6.45, 7) is 2.03. The van der Waals surface area contributed by atoms with E-state index in [0.717, 1.165) is 16.5 Å². The Morgan fingerprint density at radius 2 is 2.08 bits per heavy atom. The molecule has 3 N–H and O–H groups in total. The van der Waals surface area contributed by atoms with E-state index in [-0.39, 0.29) is 5.91 Å². The number of aromatic amines is 1. The van der Waals surface area contributed by atoms with Gasteiger partial charge in [0, 0.05) is 18.0 Å². The van der Waals surface area contributed by atoms with Crippen LogP contribution >= 0.6 is 0 Å². The quantitative estimate of drug-likeness (QED) is 0.617. The molecule has 1 heterocycles. The third-order valence-electron chi connectivity index (χ3n) is 4.07. The molecule has 2 atom stereocenters. The number of fused-ring (bicyclic) bond motifs is 1. The van der Waals surface area contributed by atoms with Crippen molar-refractivity contribution >= 4 is 16.7 Å². The van der Waals surface area contributed by atoms with Gasteiger partial charge >= 0.3 is 0 Å². The number of aliphatic hydroxyl groups excluding tert-OH is 1. The Balaban J connectivity index is 1.61. The van der Waals surface area contributed by atoms with Crippen LogP contribution in [0.5, 0.6) is 5.75 Å². The normalized spacial score (nSPS) is 13.4. The highest BCUT2D eigenvalue weighted by molar-refractivity contribution is 5.92. The number of amides is 1. The molecule has 0 saturated heterocycles. The smallest absolute Gasteiger partial charge is 0.271 e. The fourth-order valence-electron chi connectivity index (χ4n) is 2.68. The summed E-state index contributed by atoms with van der Waals surface area (Å²) in [6.07, 6.45) is 2.74. The summed E-state index contributed by atoms with van der Waals surface area (Å²) >= 11 is 0. The van der Waals surface area contributed by atoms with Crippen molar-refractivity contribution < 1.29 is 14.6 Å². The summed E-state index contributed by atoms with van der Waals surface area (Å²) in [5.41, 5.74) is 0.292. The molecule has 0 aliphatic heterocycles. The molecule has 0 fully saturated rings. The van der Waals surface area contributed by atoms with Gasteiger partial charge in [0.1, 0.15) is 11.4 Å². The molecule has 0 radical (unpaired) electrons. The highest BCUT2D eigenvalue weighted by Gasteiger charge is 2.19. The van der Waals surface area contributed by atoms with E-state index in [1.54, 1.807) is 6.92 Å². The lowest BCUT2D eigenvalue weighted by atomic mass is 10.1. The topological polar surface area (TPSA) is 87.2 Å². The summed E-state index contributed by atoms with van der Waals surface area (Å²) in [6, 6.07) is 13.5. The van der Waals surface area contributed by atoms with Crippen LogP contribution in [0.3, 0.4) is 0 Å². The molecule has 0 spiro atoms. The van der Waals surface area contributed by atoms with Crippen molar-refractivity contribution in [1.82, 2.24) is 15.3 Å². The number of nitrogens with zero attached hydrogens (tertiary/aromatic N) is 1. The largest absolute Gasteiger partial charge is 0.493 e. The molecular formula is C19H21N3O3. The van der Waals surface area contributed by atoms with Crippen molar-refractivity contribution in [2.75, 3.05) is 6.61 Å². The minimum atomic E-state index is -0.695. The van der Waals surface area contributed by atoms with Crippen molar-refractivity contribution in [2.24, 2.45) is 0 Å². The Kier molecular flexibility index (Phi) is 5.30. The number of aromatic nitrogens is 2. The Morgan fingerprint density at radius 1 is 1.28 bits per heavy atom. The van der Waals surface area contributed by atoms with Gasteiger partial charge in [-0.15, -0.1) is 0 Å². The van der Waals surface area contributed by atoms with Crippen molar-refractivity contribution in [3.8, 4) is 5.75 Å². The van der Waals surface area contributed by atoms with E-state index in [2.05, 4.69) is 15.3 Å². The molecule has 6 heteroatoms. The molecule has 1 aromatic heterocycles. The average Bonchev–Trinajstić information content (AvgIpc) is 3.15. The van der Waals surface area contributed by atoms with Crippen molar-refractivity contribution in [1.29, 1.82) is 0 Å². The number of aliphatic hydroxyl groups is 1. The Labute approximate surface area is 145 Å². The first-order valence-electron chi connectivity index (χ1n) is 8.23. The molecule has 130 valence electrons. The van der Waals surface area contributed by atoms with E-state index in [0.29, 0.717) is 18.7 Å². The summed E-state index contributed by atoms with van der Waals surface area (Å²) in [5.74, 6) is 0.471. The van der Waals surface area contributed by atoms with Crippen LogP contribution in [-0.4, -0.2) is 39.7 Å². The minimum absolute atomic E-state index is 0.292. The first kappa shape index (κ1) is 17.0. The number of benzene rings is 2. The molecule has 3 aromatic rings. The maximum absolute atomic E-state index is 12.1. The zero-order valence-electron chi connectivity index (χ0n) is 14.0. The van der Waals surface area contributed by atoms with Crippen LogP contribution in [0.25, 0.3) is 10.8 Å². The number of carbonyl (C=O) groups excluding carboxylic acids is 1. The fraction of sp³-hybridized carbons (Fsp3) is 0.263. The van der Waals surface area contributed by atoms with E-state index < -0.39 is 12.1 Å². The van der Waals surface area contributed by atoms with Gasteiger partial charge in [0.25, 0.3) is 5.91 Å². The van der Waals surface area contributed by atoms with Gasteiger partial charge in [-0.3, -0.25) is 4.79 Å². The van der Waals surface area contributed by atoms with E-state index in [4.69, 9.17) is 4.74 Å². The van der Waals surface area contributed by atoms with Crippen molar-refractivity contribution in [3.63, 3.8) is 0 Å². The van der Waals surface area contributed by atoms with Gasteiger partial charge in [-0.05, 0) is 18.4 Å². The predicted octanol–water partition coefficient (Wildman–Crippen LogP) is 2.51. The SMILES string of the molecule is C[C@H](O)[C@@H](CCOc1cccc2ccccc12)NC(=O)c1c[nH]cn1. The average molecular weight is 339 g/mol. The van der Waals surface area contributed by atoms with E-state index in [1.165, 1.54) is 12.5 Å². The van der Waals surface area contributed by atoms with Crippen LogP contribution in [0, 0.1) is 0 Å². The zero-order chi connectivity index (χ0) is 17.6. The standard InChI is InChI=1S/C19H21N3O3/c1-13(23)16(22-19(24)17-11-20-12-21-17)9-10-25-18-8-4-6-14-5-2-3-7-15(14)18/h2-8,11-13,16,23H,9-10H2,1H3,(H,20,21)(H,22,24)/t13-,16+/m0/s1. The lowest BCUT2D eigenvalue weighted by Crippen LogP contribution is -2.43. The minimum Gasteiger partial charge on any atom is -0.493 e. The van der Waals surface area contributed by atoms with Gasteiger partial charge in [0.2, 0.25) is 0 Å². The zero-order valence-corrected chi connectivity index (χ0v) is 14.0. The number of H-pyrrole nitrogens is 1. The Bertz CT molecular complexity index is 826. The van der Waals surface area contributed by atoms with Crippen LogP contribution in [-0.2, 0) is 0 Å². The lowest BCUT2D eigenvalue weighted by Gasteiger charge is -2.21. The number of imidazole rings is 1. The number of ether oxygens (including phenoxy) is 1. The lowest BCUT2D eigenvalue weighted by molar-refractivity contribution is 0.0828. The molecule has 2 aromatic carbocycles.